The second kappa shape index (κ2) is 5.19. The predicted molar refractivity (Wildman–Crippen MR) is 69.3 cm³/mol. The maximum atomic E-state index is 12.8. The fraction of sp³-hybridized carbons (Fsp3) is 0.750. The van der Waals surface area contributed by atoms with Gasteiger partial charge in [0.15, 0.2) is 11.8 Å². The van der Waals surface area contributed by atoms with Crippen molar-refractivity contribution in [2.24, 2.45) is 10.7 Å². The third kappa shape index (κ3) is 2.81. The molecule has 9 heteroatoms. The number of aromatic nitrogens is 3. The van der Waals surface area contributed by atoms with Crippen molar-refractivity contribution in [3.63, 3.8) is 0 Å². The van der Waals surface area contributed by atoms with Crippen LogP contribution in [0.3, 0.4) is 0 Å². The highest BCUT2D eigenvalue weighted by atomic mass is 19.4. The average Bonchev–Trinajstić information content (AvgIpc) is 3.05. The summed E-state index contributed by atoms with van der Waals surface area (Å²) >= 11 is 0. The molecule has 1 fully saturated rings. The molecule has 0 bridgehead atoms. The molecular formula is C12H17F3N6. The van der Waals surface area contributed by atoms with E-state index in [9.17, 15) is 13.2 Å². The van der Waals surface area contributed by atoms with Gasteiger partial charge in [-0.3, -0.25) is 0 Å². The van der Waals surface area contributed by atoms with Gasteiger partial charge in [0, 0.05) is 13.1 Å². The van der Waals surface area contributed by atoms with Crippen LogP contribution >= 0.6 is 0 Å². The Kier molecular flexibility index (Phi) is 3.50. The lowest BCUT2D eigenvalue weighted by Gasteiger charge is -2.29. The summed E-state index contributed by atoms with van der Waals surface area (Å²) in [5.41, 5.74) is 5.97. The van der Waals surface area contributed by atoms with E-state index in [-0.39, 0.29) is 25.0 Å². The van der Waals surface area contributed by atoms with Crippen LogP contribution in [0, 0.1) is 0 Å². The first-order chi connectivity index (χ1) is 9.95. The van der Waals surface area contributed by atoms with Crippen LogP contribution in [-0.4, -0.2) is 38.2 Å². The average molecular weight is 302 g/mol. The lowest BCUT2D eigenvalue weighted by Crippen LogP contribution is -2.43. The van der Waals surface area contributed by atoms with Crippen LogP contribution in [-0.2, 0) is 19.3 Å². The van der Waals surface area contributed by atoms with Gasteiger partial charge in [-0.2, -0.15) is 13.2 Å². The van der Waals surface area contributed by atoms with E-state index in [1.165, 1.54) is 0 Å². The number of hydrogen-bond acceptors (Lipinski definition) is 3. The summed E-state index contributed by atoms with van der Waals surface area (Å²) in [6, 6.07) is 0.246. The van der Waals surface area contributed by atoms with Gasteiger partial charge in [0.05, 0.1) is 12.6 Å². The predicted octanol–water partition coefficient (Wildman–Crippen LogP) is 1.37. The smallest absolute Gasteiger partial charge is 0.370 e. The van der Waals surface area contributed by atoms with E-state index < -0.39 is 12.0 Å². The largest absolute Gasteiger partial charge is 0.451 e. The van der Waals surface area contributed by atoms with Crippen molar-refractivity contribution >= 4 is 5.96 Å². The maximum absolute atomic E-state index is 12.8. The molecule has 1 aliphatic heterocycles. The normalized spacial score (nSPS) is 20.9. The molecule has 0 unspecified atom stereocenters. The number of nitrogens with zero attached hydrogens (tertiary/aromatic N) is 5. The van der Waals surface area contributed by atoms with Gasteiger partial charge in [-0.05, 0) is 12.8 Å². The second-order valence-electron chi connectivity index (χ2n) is 5.44. The Hall–Kier alpha value is -1.80. The molecule has 6 nitrogen and oxygen atoms in total. The lowest BCUT2D eigenvalue weighted by molar-refractivity contribution is -0.147. The number of hydrogen-bond donors (Lipinski definition) is 1. The molecule has 1 aromatic rings. The monoisotopic (exact) mass is 302 g/mol. The molecular weight excluding hydrogens is 285 g/mol. The van der Waals surface area contributed by atoms with Gasteiger partial charge in [0.1, 0.15) is 0 Å². The molecule has 0 atom stereocenters. The summed E-state index contributed by atoms with van der Waals surface area (Å²) in [6.07, 6.45) is -0.0990. The molecule has 2 heterocycles. The first-order valence-corrected chi connectivity index (χ1v) is 7.02. The minimum atomic E-state index is -4.48. The Bertz CT molecular complexity index is 544. The van der Waals surface area contributed by atoms with Crippen molar-refractivity contribution in [1.82, 2.24) is 19.7 Å². The molecule has 1 saturated carbocycles. The summed E-state index contributed by atoms with van der Waals surface area (Å²) in [4.78, 5) is 6.24. The fourth-order valence-electron chi connectivity index (χ4n) is 2.87. The minimum Gasteiger partial charge on any atom is -0.370 e. The molecule has 0 saturated heterocycles. The third-order valence-electron chi connectivity index (χ3n) is 3.97. The zero-order valence-electron chi connectivity index (χ0n) is 11.5. The van der Waals surface area contributed by atoms with E-state index in [4.69, 9.17) is 5.73 Å². The number of aliphatic imine (C=N–C) groups is 1. The van der Waals surface area contributed by atoms with Crippen LogP contribution in [0.2, 0.25) is 0 Å². The van der Waals surface area contributed by atoms with Crippen molar-refractivity contribution in [3.05, 3.63) is 11.6 Å². The van der Waals surface area contributed by atoms with Gasteiger partial charge in [-0.1, -0.05) is 12.8 Å². The summed E-state index contributed by atoms with van der Waals surface area (Å²) in [6.45, 7) is 0.763. The molecule has 3 rings (SSSR count). The van der Waals surface area contributed by atoms with Crippen LogP contribution in [0.1, 0.15) is 37.3 Å². The Morgan fingerprint density at radius 3 is 2.57 bits per heavy atom. The molecule has 21 heavy (non-hydrogen) atoms. The molecule has 0 radical (unpaired) electrons. The van der Waals surface area contributed by atoms with Crippen molar-refractivity contribution in [2.75, 3.05) is 6.54 Å². The Labute approximate surface area is 119 Å². The summed E-state index contributed by atoms with van der Waals surface area (Å²) in [5.74, 6) is -0.272. The Morgan fingerprint density at radius 2 is 1.90 bits per heavy atom. The van der Waals surface area contributed by atoms with E-state index in [1.54, 1.807) is 4.90 Å². The summed E-state index contributed by atoms with van der Waals surface area (Å²) < 4.78 is 39.4. The van der Waals surface area contributed by atoms with E-state index in [1.807, 2.05) is 0 Å². The highest BCUT2D eigenvalue weighted by molar-refractivity contribution is 5.78. The first kappa shape index (κ1) is 14.2. The number of halogens is 3. The minimum absolute atomic E-state index is 0.165. The quantitative estimate of drug-likeness (QED) is 0.628. The topological polar surface area (TPSA) is 72.3 Å². The molecule has 0 spiro atoms. The standard InChI is InChI=1S/C12H17F3N6/c13-12(14,15)10-19-18-9-7-20(5-6-21(9)10)11(16)17-8-3-1-2-4-8/h8H,1-7H2,(H2,16,17). The number of nitrogens with two attached hydrogens (primary N) is 1. The van der Waals surface area contributed by atoms with Gasteiger partial charge in [-0.15, -0.1) is 10.2 Å². The lowest BCUT2D eigenvalue weighted by atomic mass is 10.3. The molecule has 2 N–H and O–H groups in total. The Morgan fingerprint density at radius 1 is 1.19 bits per heavy atom. The molecule has 0 amide bonds. The van der Waals surface area contributed by atoms with Crippen LogP contribution < -0.4 is 5.73 Å². The first-order valence-electron chi connectivity index (χ1n) is 7.02. The third-order valence-corrected chi connectivity index (χ3v) is 3.97. The molecule has 2 aliphatic rings. The highest BCUT2D eigenvalue weighted by Crippen LogP contribution is 2.29. The number of rotatable bonds is 1. The summed E-state index contributed by atoms with van der Waals surface area (Å²) in [5, 5.41) is 6.88. The zero-order valence-corrected chi connectivity index (χ0v) is 11.5. The molecule has 116 valence electrons. The number of alkyl halides is 3. The molecule has 0 aromatic carbocycles. The van der Waals surface area contributed by atoms with Crippen molar-refractivity contribution in [3.8, 4) is 0 Å². The van der Waals surface area contributed by atoms with Gasteiger partial charge in [0.2, 0.25) is 5.82 Å². The van der Waals surface area contributed by atoms with Crippen LogP contribution in [0.5, 0.6) is 0 Å². The van der Waals surface area contributed by atoms with Crippen LogP contribution in [0.25, 0.3) is 0 Å². The zero-order chi connectivity index (χ0) is 15.0. The fourth-order valence-corrected chi connectivity index (χ4v) is 2.87. The SMILES string of the molecule is NC(=NC1CCCC1)N1CCn2c(nnc2C(F)(F)F)C1. The van der Waals surface area contributed by atoms with Gasteiger partial charge >= 0.3 is 6.18 Å². The van der Waals surface area contributed by atoms with Crippen molar-refractivity contribution in [2.45, 2.75) is 51.0 Å². The second-order valence-corrected chi connectivity index (χ2v) is 5.44. The number of guanidine groups is 1. The maximum Gasteiger partial charge on any atom is 0.451 e. The van der Waals surface area contributed by atoms with Crippen LogP contribution in [0.15, 0.2) is 4.99 Å². The van der Waals surface area contributed by atoms with E-state index in [0.29, 0.717) is 12.5 Å². The van der Waals surface area contributed by atoms with Gasteiger partial charge in [0.25, 0.3) is 0 Å². The van der Waals surface area contributed by atoms with Crippen molar-refractivity contribution in [1.29, 1.82) is 0 Å². The number of fused-ring (bicyclic) bond motifs is 1. The van der Waals surface area contributed by atoms with Gasteiger partial charge in [-0.25, -0.2) is 4.99 Å². The van der Waals surface area contributed by atoms with E-state index in [0.717, 1.165) is 30.3 Å². The van der Waals surface area contributed by atoms with E-state index >= 15 is 0 Å². The van der Waals surface area contributed by atoms with Crippen molar-refractivity contribution < 1.29 is 13.2 Å². The Balaban J connectivity index is 1.74. The van der Waals surface area contributed by atoms with Crippen LogP contribution in [0.4, 0.5) is 13.2 Å². The van der Waals surface area contributed by atoms with E-state index in [2.05, 4.69) is 15.2 Å². The highest BCUT2D eigenvalue weighted by Gasteiger charge is 2.39. The molecule has 1 aromatic heterocycles. The van der Waals surface area contributed by atoms with Gasteiger partial charge < -0.3 is 15.2 Å². The molecule has 1 aliphatic carbocycles. The summed E-state index contributed by atoms with van der Waals surface area (Å²) in [7, 11) is 0.